The summed E-state index contributed by atoms with van der Waals surface area (Å²) in [5, 5.41) is 0. The van der Waals surface area contributed by atoms with Gasteiger partial charge in [0, 0.05) is 6.04 Å². The van der Waals surface area contributed by atoms with Crippen LogP contribution in [0.4, 0.5) is 0 Å². The minimum absolute atomic E-state index is 0.0249. The summed E-state index contributed by atoms with van der Waals surface area (Å²) in [5.74, 6) is 0.281. The van der Waals surface area contributed by atoms with Crippen LogP contribution in [-0.4, -0.2) is 22.9 Å². The molecule has 1 aliphatic heterocycles. The number of carbonyl (C=O) groups is 1. The summed E-state index contributed by atoms with van der Waals surface area (Å²) in [6.07, 6.45) is 10.5. The molecule has 0 bridgehead atoms. The van der Waals surface area contributed by atoms with Crippen LogP contribution in [0.3, 0.4) is 0 Å². The van der Waals surface area contributed by atoms with E-state index in [1.807, 2.05) is 24.3 Å². The lowest BCUT2D eigenvalue weighted by molar-refractivity contribution is -0.152. The molecule has 1 aliphatic carbocycles. The van der Waals surface area contributed by atoms with Crippen molar-refractivity contribution in [1.29, 1.82) is 0 Å². The lowest BCUT2D eigenvalue weighted by Crippen LogP contribution is -2.62. The van der Waals surface area contributed by atoms with Gasteiger partial charge in [0.15, 0.2) is 0 Å². The smallest absolute Gasteiger partial charge is 0.233 e. The van der Waals surface area contributed by atoms with Crippen molar-refractivity contribution < 1.29 is 4.79 Å². The molecule has 128 valence electrons. The van der Waals surface area contributed by atoms with Gasteiger partial charge in [-0.2, -0.15) is 0 Å². The van der Waals surface area contributed by atoms with Gasteiger partial charge in [-0.25, -0.2) is 0 Å². The lowest BCUT2D eigenvalue weighted by Gasteiger charge is -2.51. The second-order valence-electron chi connectivity index (χ2n) is 7.19. The van der Waals surface area contributed by atoms with Crippen molar-refractivity contribution >= 4 is 12.0 Å². The fourth-order valence-electron chi connectivity index (χ4n) is 4.29. The average Bonchev–Trinajstić information content (AvgIpc) is 2.67. The monoisotopic (exact) mass is 331 g/mol. The zero-order chi connectivity index (χ0) is 17.1. The van der Waals surface area contributed by atoms with Crippen molar-refractivity contribution in [3.63, 3.8) is 0 Å². The first-order valence-corrected chi connectivity index (χ1v) is 9.45. The number of carbonyl (C=O) groups excluding carboxylic acids is 1. The van der Waals surface area contributed by atoms with E-state index in [0.29, 0.717) is 11.9 Å². The fourth-order valence-corrected chi connectivity index (χ4v) is 4.29. The summed E-state index contributed by atoms with van der Waals surface area (Å²) in [7, 11) is 0. The molecule has 0 N–H and O–H groups in total. The van der Waals surface area contributed by atoms with E-state index >= 15 is 0 Å². The molecule has 2 fully saturated rings. The van der Waals surface area contributed by atoms with E-state index in [2.05, 4.69) is 53.5 Å². The summed E-state index contributed by atoms with van der Waals surface area (Å²) in [6.45, 7) is 0. The van der Waals surface area contributed by atoms with E-state index in [-0.39, 0.29) is 12.0 Å². The van der Waals surface area contributed by atoms with Crippen molar-refractivity contribution in [3.05, 3.63) is 77.9 Å². The Balaban J connectivity index is 1.60. The van der Waals surface area contributed by atoms with Crippen LogP contribution in [0.2, 0.25) is 0 Å². The molecule has 1 saturated heterocycles. The molecule has 2 atom stereocenters. The fraction of sp³-hybridized carbons (Fsp3) is 0.348. The maximum absolute atomic E-state index is 13.0. The normalized spacial score (nSPS) is 24.5. The van der Waals surface area contributed by atoms with Crippen LogP contribution in [0.15, 0.2) is 66.7 Å². The number of benzene rings is 2. The average molecular weight is 331 g/mol. The highest BCUT2D eigenvalue weighted by Crippen LogP contribution is 2.41. The molecule has 2 unspecified atom stereocenters. The minimum atomic E-state index is -0.0249. The maximum Gasteiger partial charge on any atom is 0.233 e. The van der Waals surface area contributed by atoms with Gasteiger partial charge in [0.1, 0.15) is 0 Å². The van der Waals surface area contributed by atoms with Crippen LogP contribution in [0.5, 0.6) is 0 Å². The minimum Gasteiger partial charge on any atom is -0.332 e. The molecule has 2 nitrogen and oxygen atoms in total. The maximum atomic E-state index is 13.0. The predicted octanol–water partition coefficient (Wildman–Crippen LogP) is 5.03. The van der Waals surface area contributed by atoms with Crippen LogP contribution < -0.4 is 0 Å². The third kappa shape index (κ3) is 3.26. The predicted molar refractivity (Wildman–Crippen MR) is 102 cm³/mol. The van der Waals surface area contributed by atoms with E-state index in [0.717, 1.165) is 18.4 Å². The molecule has 0 radical (unpaired) electrons. The Hall–Kier alpha value is -2.35. The third-order valence-corrected chi connectivity index (χ3v) is 5.60. The van der Waals surface area contributed by atoms with Crippen molar-refractivity contribution in [2.75, 3.05) is 0 Å². The summed E-state index contributed by atoms with van der Waals surface area (Å²) in [6, 6.07) is 21.2. The van der Waals surface area contributed by atoms with Crippen molar-refractivity contribution in [2.45, 2.75) is 50.1 Å². The first kappa shape index (κ1) is 16.1. The van der Waals surface area contributed by atoms with Gasteiger partial charge >= 0.3 is 0 Å². The number of β-lactam (4-membered cyclic amide) rings is 1. The standard InChI is InChI=1S/C23H25NO/c25-23-22(19-12-6-2-7-13-19)21(17-16-18-10-4-1-5-11-18)24(23)20-14-8-3-9-15-20/h1-2,4-7,10-13,16-17,20-22H,3,8-9,14-15H2/b17-16+. The van der Waals surface area contributed by atoms with E-state index < -0.39 is 0 Å². The molecular formula is C23H25NO. The van der Waals surface area contributed by atoms with Crippen LogP contribution in [0, 0.1) is 0 Å². The molecule has 1 saturated carbocycles. The number of likely N-dealkylation sites (tertiary alicyclic amines) is 1. The molecule has 2 aromatic rings. The number of hydrogen-bond acceptors (Lipinski definition) is 1. The third-order valence-electron chi connectivity index (χ3n) is 5.60. The first-order chi connectivity index (χ1) is 12.3. The van der Waals surface area contributed by atoms with Gasteiger partial charge in [-0.1, -0.05) is 92.1 Å². The van der Waals surface area contributed by atoms with Crippen molar-refractivity contribution in [2.24, 2.45) is 0 Å². The Morgan fingerprint density at radius 1 is 0.840 bits per heavy atom. The largest absolute Gasteiger partial charge is 0.332 e. The van der Waals surface area contributed by atoms with Crippen LogP contribution in [0.25, 0.3) is 6.08 Å². The molecular weight excluding hydrogens is 306 g/mol. The zero-order valence-corrected chi connectivity index (χ0v) is 14.6. The topological polar surface area (TPSA) is 20.3 Å². The molecule has 25 heavy (non-hydrogen) atoms. The van der Waals surface area contributed by atoms with Gasteiger partial charge in [-0.05, 0) is 24.0 Å². The first-order valence-electron chi connectivity index (χ1n) is 9.45. The van der Waals surface area contributed by atoms with Crippen molar-refractivity contribution in [1.82, 2.24) is 4.90 Å². The number of nitrogens with zero attached hydrogens (tertiary/aromatic N) is 1. The highest BCUT2D eigenvalue weighted by molar-refractivity contribution is 5.92. The van der Waals surface area contributed by atoms with Gasteiger partial charge < -0.3 is 4.90 Å². The second-order valence-corrected chi connectivity index (χ2v) is 7.19. The van der Waals surface area contributed by atoms with E-state index in [1.54, 1.807) is 0 Å². The summed E-state index contributed by atoms with van der Waals surface area (Å²) in [4.78, 5) is 15.1. The Kier molecular flexibility index (Phi) is 4.69. The molecule has 0 spiro atoms. The Labute approximate surface area is 150 Å². The summed E-state index contributed by atoms with van der Waals surface area (Å²) in [5.41, 5.74) is 2.33. The van der Waals surface area contributed by atoms with Gasteiger partial charge in [0.25, 0.3) is 0 Å². The van der Waals surface area contributed by atoms with E-state index in [4.69, 9.17) is 0 Å². The zero-order valence-electron chi connectivity index (χ0n) is 14.6. The Bertz CT molecular complexity index is 731. The van der Waals surface area contributed by atoms with E-state index in [9.17, 15) is 4.79 Å². The van der Waals surface area contributed by atoms with Gasteiger partial charge in [-0.15, -0.1) is 0 Å². The summed E-state index contributed by atoms with van der Waals surface area (Å²) >= 11 is 0. The number of hydrogen-bond donors (Lipinski definition) is 0. The molecule has 1 amide bonds. The molecule has 2 heteroatoms. The van der Waals surface area contributed by atoms with Gasteiger partial charge in [0.2, 0.25) is 5.91 Å². The molecule has 4 rings (SSSR count). The Morgan fingerprint density at radius 2 is 1.48 bits per heavy atom. The second kappa shape index (κ2) is 7.26. The SMILES string of the molecule is O=C1C(c2ccccc2)C(/C=C/c2ccccc2)N1C1CCCCC1. The molecule has 2 aromatic carbocycles. The Morgan fingerprint density at radius 3 is 2.16 bits per heavy atom. The van der Waals surface area contributed by atoms with Gasteiger partial charge in [-0.3, -0.25) is 4.79 Å². The summed E-state index contributed by atoms with van der Waals surface area (Å²) < 4.78 is 0. The number of rotatable bonds is 4. The molecule has 0 aromatic heterocycles. The van der Waals surface area contributed by atoms with Crippen LogP contribution >= 0.6 is 0 Å². The van der Waals surface area contributed by atoms with E-state index in [1.165, 1.54) is 24.8 Å². The highest BCUT2D eigenvalue weighted by Gasteiger charge is 2.49. The van der Waals surface area contributed by atoms with Crippen LogP contribution in [-0.2, 0) is 4.79 Å². The highest BCUT2D eigenvalue weighted by atomic mass is 16.2. The quantitative estimate of drug-likeness (QED) is 0.720. The number of amides is 1. The molecule has 1 heterocycles. The van der Waals surface area contributed by atoms with Crippen LogP contribution in [0.1, 0.15) is 49.1 Å². The molecule has 2 aliphatic rings. The van der Waals surface area contributed by atoms with Gasteiger partial charge in [0.05, 0.1) is 12.0 Å². The lowest BCUT2D eigenvalue weighted by atomic mass is 9.78. The van der Waals surface area contributed by atoms with Crippen molar-refractivity contribution in [3.8, 4) is 0 Å².